The lowest BCUT2D eigenvalue weighted by Gasteiger charge is -2.04. The molecule has 4 nitrogen and oxygen atoms in total. The van der Waals surface area contributed by atoms with Gasteiger partial charge in [0.1, 0.15) is 0 Å². The Morgan fingerprint density at radius 3 is 3.08 bits per heavy atom. The summed E-state index contributed by atoms with van der Waals surface area (Å²) >= 11 is 5.79. The van der Waals surface area contributed by atoms with Crippen LogP contribution in [-0.2, 0) is 4.79 Å². The third-order valence-electron chi connectivity index (χ3n) is 1.38. The molecule has 0 saturated heterocycles. The van der Waals surface area contributed by atoms with Gasteiger partial charge in [-0.1, -0.05) is 11.6 Å². The molecule has 1 aromatic rings. The van der Waals surface area contributed by atoms with E-state index in [1.54, 1.807) is 19.3 Å². The maximum atomic E-state index is 11.1. The predicted molar refractivity (Wildman–Crippen MR) is 51.8 cm³/mol. The molecule has 0 radical (unpaired) electrons. The second-order valence-corrected chi connectivity index (χ2v) is 2.84. The smallest absolute Gasteiger partial charge is 0.238 e. The molecule has 1 rings (SSSR count). The normalized spacial score (nSPS) is 9.69. The van der Waals surface area contributed by atoms with Crippen LogP contribution in [0.5, 0.6) is 0 Å². The number of carbonyl (C=O) groups excluding carboxylic acids is 1. The fourth-order valence-electron chi connectivity index (χ4n) is 0.824. The maximum absolute atomic E-state index is 11.1. The number of aromatic nitrogens is 1. The van der Waals surface area contributed by atoms with E-state index in [1.807, 2.05) is 0 Å². The van der Waals surface area contributed by atoms with E-state index in [0.717, 1.165) is 0 Å². The van der Waals surface area contributed by atoms with Gasteiger partial charge in [0.05, 0.1) is 23.5 Å². The number of nitrogens with zero attached hydrogens (tertiary/aromatic N) is 1. The zero-order chi connectivity index (χ0) is 9.68. The molecule has 0 aliphatic heterocycles. The number of anilines is 1. The van der Waals surface area contributed by atoms with Crippen molar-refractivity contribution in [2.24, 2.45) is 0 Å². The molecule has 1 amide bonds. The molecule has 0 bridgehead atoms. The van der Waals surface area contributed by atoms with Gasteiger partial charge in [0.15, 0.2) is 0 Å². The molecule has 13 heavy (non-hydrogen) atoms. The van der Waals surface area contributed by atoms with Crippen molar-refractivity contribution in [2.45, 2.75) is 0 Å². The minimum absolute atomic E-state index is 0.141. The van der Waals surface area contributed by atoms with Crippen LogP contribution in [0.3, 0.4) is 0 Å². The largest absolute Gasteiger partial charge is 0.322 e. The summed E-state index contributed by atoms with van der Waals surface area (Å²) in [5.74, 6) is -0.141. The number of amides is 1. The number of halogens is 1. The van der Waals surface area contributed by atoms with Crippen molar-refractivity contribution < 1.29 is 4.79 Å². The third-order valence-corrected chi connectivity index (χ3v) is 1.71. The molecule has 0 aromatic carbocycles. The number of rotatable bonds is 3. The van der Waals surface area contributed by atoms with Gasteiger partial charge in [-0.3, -0.25) is 9.78 Å². The zero-order valence-corrected chi connectivity index (χ0v) is 7.93. The predicted octanol–water partition coefficient (Wildman–Crippen LogP) is 0.893. The fraction of sp³-hybridized carbons (Fsp3) is 0.250. The topological polar surface area (TPSA) is 54.0 Å². The first-order valence-corrected chi connectivity index (χ1v) is 4.16. The van der Waals surface area contributed by atoms with E-state index in [0.29, 0.717) is 10.7 Å². The van der Waals surface area contributed by atoms with Gasteiger partial charge in [-0.15, -0.1) is 0 Å². The summed E-state index contributed by atoms with van der Waals surface area (Å²) in [5, 5.41) is 5.83. The van der Waals surface area contributed by atoms with Crippen molar-refractivity contribution in [3.8, 4) is 0 Å². The summed E-state index contributed by atoms with van der Waals surface area (Å²) in [6, 6.07) is 1.62. The van der Waals surface area contributed by atoms with Crippen molar-refractivity contribution in [3.63, 3.8) is 0 Å². The number of carbonyl (C=O) groups is 1. The highest BCUT2D eigenvalue weighted by Gasteiger charge is 2.03. The van der Waals surface area contributed by atoms with Gasteiger partial charge in [0, 0.05) is 6.20 Å². The molecule has 70 valence electrons. The first-order chi connectivity index (χ1) is 6.24. The lowest BCUT2D eigenvalue weighted by Crippen LogP contribution is -2.25. The Hall–Kier alpha value is -1.13. The van der Waals surface area contributed by atoms with E-state index in [-0.39, 0.29) is 12.5 Å². The average molecular weight is 200 g/mol. The van der Waals surface area contributed by atoms with Gasteiger partial charge in [-0.05, 0) is 13.1 Å². The van der Waals surface area contributed by atoms with Gasteiger partial charge in [0.25, 0.3) is 0 Å². The van der Waals surface area contributed by atoms with Crippen molar-refractivity contribution in [2.75, 3.05) is 18.9 Å². The first kappa shape index (κ1) is 9.95. The van der Waals surface area contributed by atoms with E-state index < -0.39 is 0 Å². The summed E-state index contributed by atoms with van der Waals surface area (Å²) < 4.78 is 0. The van der Waals surface area contributed by atoms with E-state index in [2.05, 4.69) is 15.6 Å². The Morgan fingerprint density at radius 2 is 2.46 bits per heavy atom. The highest BCUT2D eigenvalue weighted by molar-refractivity contribution is 6.33. The van der Waals surface area contributed by atoms with Crippen LogP contribution in [0, 0.1) is 0 Å². The maximum Gasteiger partial charge on any atom is 0.238 e. The lowest BCUT2D eigenvalue weighted by molar-refractivity contribution is -0.115. The Bertz CT molecular complexity index is 303. The van der Waals surface area contributed by atoms with E-state index in [1.165, 1.54) is 6.20 Å². The third kappa shape index (κ3) is 3.01. The molecule has 2 N–H and O–H groups in total. The van der Waals surface area contributed by atoms with Crippen molar-refractivity contribution in [1.82, 2.24) is 10.3 Å². The van der Waals surface area contributed by atoms with Crippen LogP contribution in [-0.4, -0.2) is 24.5 Å². The Labute approximate surface area is 81.3 Å². The van der Waals surface area contributed by atoms with Crippen molar-refractivity contribution in [3.05, 3.63) is 23.5 Å². The Morgan fingerprint density at radius 1 is 1.69 bits per heavy atom. The molecule has 0 unspecified atom stereocenters. The van der Waals surface area contributed by atoms with Gasteiger partial charge < -0.3 is 10.6 Å². The molecule has 0 aliphatic carbocycles. The van der Waals surface area contributed by atoms with Crippen LogP contribution in [0.2, 0.25) is 5.02 Å². The molecule has 1 heterocycles. The number of nitrogens with one attached hydrogen (secondary N) is 2. The standard InChI is InChI=1S/C8H10ClN3O/c1-10-5-8(13)12-7-4-11-3-2-6(7)9/h2-4,10H,5H2,1H3,(H,12,13). The molecule has 0 fully saturated rings. The molecular weight excluding hydrogens is 190 g/mol. The second-order valence-electron chi connectivity index (χ2n) is 2.43. The molecule has 0 spiro atoms. The van der Waals surface area contributed by atoms with Crippen LogP contribution >= 0.6 is 11.6 Å². The SMILES string of the molecule is CNCC(=O)Nc1cnccc1Cl. The number of hydrogen-bond acceptors (Lipinski definition) is 3. The Kier molecular flexibility index (Phi) is 3.67. The second kappa shape index (κ2) is 4.79. The summed E-state index contributed by atoms with van der Waals surface area (Å²) in [5.41, 5.74) is 0.532. The van der Waals surface area contributed by atoms with Crippen LogP contribution in [0.25, 0.3) is 0 Å². The summed E-state index contributed by atoms with van der Waals surface area (Å²) in [7, 11) is 1.70. The number of pyridine rings is 1. The average Bonchev–Trinajstić information content (AvgIpc) is 2.09. The van der Waals surface area contributed by atoms with Gasteiger partial charge in [0.2, 0.25) is 5.91 Å². The minimum atomic E-state index is -0.141. The van der Waals surface area contributed by atoms with Gasteiger partial charge in [-0.2, -0.15) is 0 Å². The molecule has 1 aromatic heterocycles. The Balaban J connectivity index is 2.63. The highest BCUT2D eigenvalue weighted by Crippen LogP contribution is 2.18. The van der Waals surface area contributed by atoms with Gasteiger partial charge >= 0.3 is 0 Å². The molecule has 0 aliphatic rings. The highest BCUT2D eigenvalue weighted by atomic mass is 35.5. The van der Waals surface area contributed by atoms with E-state index >= 15 is 0 Å². The minimum Gasteiger partial charge on any atom is -0.322 e. The van der Waals surface area contributed by atoms with Crippen molar-refractivity contribution >= 4 is 23.2 Å². The molecule has 0 saturated carbocycles. The number of likely N-dealkylation sites (N-methyl/N-ethyl adjacent to an activating group) is 1. The molecule has 5 heteroatoms. The molecule has 0 atom stereocenters. The lowest BCUT2D eigenvalue weighted by atomic mass is 10.4. The van der Waals surface area contributed by atoms with E-state index in [4.69, 9.17) is 11.6 Å². The summed E-state index contributed by atoms with van der Waals surface area (Å²) in [6.45, 7) is 0.255. The van der Waals surface area contributed by atoms with Crippen molar-refractivity contribution in [1.29, 1.82) is 0 Å². The summed E-state index contributed by atoms with van der Waals surface area (Å²) in [6.07, 6.45) is 3.08. The molecular formula is C8H10ClN3O. The first-order valence-electron chi connectivity index (χ1n) is 3.78. The van der Waals surface area contributed by atoms with Crippen LogP contribution in [0.4, 0.5) is 5.69 Å². The van der Waals surface area contributed by atoms with Gasteiger partial charge in [-0.25, -0.2) is 0 Å². The zero-order valence-electron chi connectivity index (χ0n) is 7.17. The summed E-state index contributed by atoms with van der Waals surface area (Å²) in [4.78, 5) is 14.9. The van der Waals surface area contributed by atoms with Crippen LogP contribution in [0.1, 0.15) is 0 Å². The fourth-order valence-corrected chi connectivity index (χ4v) is 0.977. The van der Waals surface area contributed by atoms with E-state index in [9.17, 15) is 4.79 Å². The van der Waals surface area contributed by atoms with Crippen LogP contribution < -0.4 is 10.6 Å². The monoisotopic (exact) mass is 199 g/mol. The van der Waals surface area contributed by atoms with Crippen LogP contribution in [0.15, 0.2) is 18.5 Å². The number of hydrogen-bond donors (Lipinski definition) is 2. The quantitative estimate of drug-likeness (QED) is 0.761.